The number of carbonyl (C=O) groups is 2. The van der Waals surface area contributed by atoms with Crippen LogP contribution in [-0.2, 0) is 22.4 Å². The van der Waals surface area contributed by atoms with Crippen molar-refractivity contribution >= 4 is 11.9 Å². The number of rotatable bonds is 6. The van der Waals surface area contributed by atoms with Crippen LogP contribution in [0.2, 0.25) is 0 Å². The summed E-state index contributed by atoms with van der Waals surface area (Å²) in [5.74, 6) is -1.36. The van der Waals surface area contributed by atoms with Gasteiger partial charge in [0, 0.05) is 18.8 Å². The van der Waals surface area contributed by atoms with E-state index in [0.29, 0.717) is 0 Å². The molecule has 5 nitrogen and oxygen atoms in total. The minimum absolute atomic E-state index is 0.123. The molecule has 5 heteroatoms. The lowest BCUT2D eigenvalue weighted by Crippen LogP contribution is -2.43. The second-order valence-corrected chi connectivity index (χ2v) is 5.13. The Morgan fingerprint density at radius 2 is 1.95 bits per heavy atom. The molecule has 1 aromatic carbocycles. The van der Waals surface area contributed by atoms with Crippen LogP contribution in [0.25, 0.3) is 0 Å². The van der Waals surface area contributed by atoms with Gasteiger partial charge < -0.3 is 10.4 Å². The third-order valence-electron chi connectivity index (χ3n) is 3.41. The van der Waals surface area contributed by atoms with Crippen LogP contribution in [-0.4, -0.2) is 28.0 Å². The van der Waals surface area contributed by atoms with Crippen LogP contribution < -0.4 is 5.32 Å². The normalized spacial score (nSPS) is 11.7. The summed E-state index contributed by atoms with van der Waals surface area (Å²) in [6.07, 6.45) is 3.67. The minimum Gasteiger partial charge on any atom is -0.480 e. The highest BCUT2D eigenvalue weighted by molar-refractivity contribution is 5.85. The number of carboxylic acids is 1. The Bertz CT molecular complexity index is 656. The number of nitrogens with one attached hydrogen (secondary N) is 1. The van der Waals surface area contributed by atoms with Crippen LogP contribution in [0.5, 0.6) is 0 Å². The highest BCUT2D eigenvalue weighted by atomic mass is 16.4. The van der Waals surface area contributed by atoms with E-state index >= 15 is 0 Å². The summed E-state index contributed by atoms with van der Waals surface area (Å²) < 4.78 is 0. The molecule has 0 unspecified atom stereocenters. The molecule has 1 amide bonds. The molecule has 0 saturated heterocycles. The number of aliphatic carboxylic acids is 1. The third kappa shape index (κ3) is 4.41. The number of hydrogen-bond acceptors (Lipinski definition) is 3. The summed E-state index contributed by atoms with van der Waals surface area (Å²) in [7, 11) is 0. The van der Waals surface area contributed by atoms with E-state index in [1.54, 1.807) is 12.4 Å². The predicted molar refractivity (Wildman–Crippen MR) is 82.4 cm³/mol. The Morgan fingerprint density at radius 1 is 1.23 bits per heavy atom. The zero-order valence-corrected chi connectivity index (χ0v) is 12.3. The Labute approximate surface area is 129 Å². The van der Waals surface area contributed by atoms with Crippen molar-refractivity contribution in [3.63, 3.8) is 0 Å². The molecule has 1 aromatic heterocycles. The molecule has 114 valence electrons. The number of carbonyl (C=O) groups excluding carboxylic acids is 1. The maximum atomic E-state index is 12.1. The Balaban J connectivity index is 2.00. The molecule has 0 spiro atoms. The lowest BCUT2D eigenvalue weighted by molar-refractivity contribution is -0.141. The lowest BCUT2D eigenvalue weighted by atomic mass is 10.0. The maximum Gasteiger partial charge on any atom is 0.326 e. The molecular weight excluding hydrogens is 280 g/mol. The highest BCUT2D eigenvalue weighted by Crippen LogP contribution is 2.07. The second-order valence-electron chi connectivity index (χ2n) is 5.13. The highest BCUT2D eigenvalue weighted by Gasteiger charge is 2.20. The van der Waals surface area contributed by atoms with Crippen LogP contribution >= 0.6 is 0 Å². The average Bonchev–Trinajstić information content (AvgIpc) is 2.50. The summed E-state index contributed by atoms with van der Waals surface area (Å²) in [5, 5.41) is 11.9. The zero-order chi connectivity index (χ0) is 15.9. The Kier molecular flexibility index (Phi) is 5.25. The topological polar surface area (TPSA) is 79.3 Å². The fourth-order valence-electron chi connectivity index (χ4n) is 2.15. The van der Waals surface area contributed by atoms with Gasteiger partial charge in [0.2, 0.25) is 5.91 Å². The van der Waals surface area contributed by atoms with E-state index in [1.165, 1.54) is 0 Å². The Hall–Kier alpha value is -2.69. The van der Waals surface area contributed by atoms with Gasteiger partial charge in [-0.1, -0.05) is 30.3 Å². The first kappa shape index (κ1) is 15.7. The molecule has 0 aliphatic carbocycles. The number of aromatic nitrogens is 1. The summed E-state index contributed by atoms with van der Waals surface area (Å²) in [6.45, 7) is 1.89. The first-order valence-corrected chi connectivity index (χ1v) is 7.02. The van der Waals surface area contributed by atoms with Crippen LogP contribution in [0.15, 0.2) is 48.8 Å². The largest absolute Gasteiger partial charge is 0.480 e. The summed E-state index contributed by atoms with van der Waals surface area (Å²) in [4.78, 5) is 27.4. The number of carboxylic acid groups (broad SMARTS) is 1. The summed E-state index contributed by atoms with van der Waals surface area (Å²) in [5.41, 5.74) is 2.62. The molecule has 0 aliphatic heterocycles. The van der Waals surface area contributed by atoms with Crippen molar-refractivity contribution in [1.29, 1.82) is 0 Å². The number of benzene rings is 1. The van der Waals surface area contributed by atoms with Crippen LogP contribution in [0.4, 0.5) is 0 Å². The van der Waals surface area contributed by atoms with E-state index < -0.39 is 12.0 Å². The van der Waals surface area contributed by atoms with Crippen LogP contribution in [0.1, 0.15) is 16.7 Å². The van der Waals surface area contributed by atoms with Crippen molar-refractivity contribution in [3.8, 4) is 0 Å². The first-order chi connectivity index (χ1) is 10.6. The van der Waals surface area contributed by atoms with Crippen molar-refractivity contribution in [1.82, 2.24) is 10.3 Å². The minimum atomic E-state index is -1.04. The van der Waals surface area contributed by atoms with Crippen molar-refractivity contribution in [2.75, 3.05) is 0 Å². The van der Waals surface area contributed by atoms with E-state index in [-0.39, 0.29) is 18.7 Å². The molecule has 0 bridgehead atoms. The van der Waals surface area contributed by atoms with Crippen molar-refractivity contribution in [3.05, 3.63) is 65.5 Å². The molecule has 1 atom stereocenters. The van der Waals surface area contributed by atoms with Gasteiger partial charge in [-0.2, -0.15) is 0 Å². The van der Waals surface area contributed by atoms with E-state index in [4.69, 9.17) is 0 Å². The van der Waals surface area contributed by atoms with Gasteiger partial charge in [0.25, 0.3) is 0 Å². The van der Waals surface area contributed by atoms with E-state index in [9.17, 15) is 14.7 Å². The summed E-state index contributed by atoms with van der Waals surface area (Å²) in [6, 6.07) is 10.1. The van der Waals surface area contributed by atoms with E-state index in [2.05, 4.69) is 10.3 Å². The molecule has 0 fully saturated rings. The van der Waals surface area contributed by atoms with Gasteiger partial charge in [-0.15, -0.1) is 0 Å². The standard InChI is InChI=1S/C17H18N2O3/c1-12-7-8-18-11-14(12)10-16(20)19-15(17(21)22)9-13-5-3-2-4-6-13/h2-8,11,15H,9-10H2,1H3,(H,19,20)(H,21,22)/t15-/m0/s1. The lowest BCUT2D eigenvalue weighted by Gasteiger charge is -2.15. The molecule has 2 rings (SSSR count). The SMILES string of the molecule is Cc1ccncc1CC(=O)N[C@@H](Cc1ccccc1)C(=O)O. The molecule has 2 N–H and O–H groups in total. The molecule has 22 heavy (non-hydrogen) atoms. The fraction of sp³-hybridized carbons (Fsp3) is 0.235. The van der Waals surface area contributed by atoms with Gasteiger partial charge in [0.15, 0.2) is 0 Å². The van der Waals surface area contributed by atoms with E-state index in [0.717, 1.165) is 16.7 Å². The predicted octanol–water partition coefficient (Wildman–Crippen LogP) is 1.74. The van der Waals surface area contributed by atoms with E-state index in [1.807, 2.05) is 43.3 Å². The molecule has 0 radical (unpaired) electrons. The monoisotopic (exact) mass is 298 g/mol. The molecule has 1 heterocycles. The van der Waals surface area contributed by atoms with Gasteiger partial charge in [-0.25, -0.2) is 4.79 Å². The Morgan fingerprint density at radius 3 is 2.59 bits per heavy atom. The quantitative estimate of drug-likeness (QED) is 0.851. The van der Waals surface area contributed by atoms with Crippen molar-refractivity contribution in [2.24, 2.45) is 0 Å². The van der Waals surface area contributed by atoms with Crippen molar-refractivity contribution in [2.45, 2.75) is 25.8 Å². The second kappa shape index (κ2) is 7.36. The first-order valence-electron chi connectivity index (χ1n) is 7.02. The number of nitrogens with zero attached hydrogens (tertiary/aromatic N) is 1. The van der Waals surface area contributed by atoms with Gasteiger partial charge in [-0.3, -0.25) is 9.78 Å². The molecule has 0 saturated carbocycles. The number of aryl methyl sites for hydroxylation is 1. The zero-order valence-electron chi connectivity index (χ0n) is 12.3. The van der Waals surface area contributed by atoms with Gasteiger partial charge in [0.05, 0.1) is 6.42 Å². The maximum absolute atomic E-state index is 12.1. The van der Waals surface area contributed by atoms with Gasteiger partial charge in [0.1, 0.15) is 6.04 Å². The van der Waals surface area contributed by atoms with Crippen LogP contribution in [0.3, 0.4) is 0 Å². The number of hydrogen-bond donors (Lipinski definition) is 2. The average molecular weight is 298 g/mol. The fourth-order valence-corrected chi connectivity index (χ4v) is 2.15. The van der Waals surface area contributed by atoms with Crippen LogP contribution in [0, 0.1) is 6.92 Å². The van der Waals surface area contributed by atoms with Crippen molar-refractivity contribution < 1.29 is 14.7 Å². The van der Waals surface area contributed by atoms with Gasteiger partial charge in [-0.05, 0) is 29.7 Å². The number of pyridine rings is 1. The van der Waals surface area contributed by atoms with Gasteiger partial charge >= 0.3 is 5.97 Å². The smallest absolute Gasteiger partial charge is 0.326 e. The summed E-state index contributed by atoms with van der Waals surface area (Å²) >= 11 is 0. The molecular formula is C17H18N2O3. The molecule has 2 aromatic rings. The number of amides is 1. The third-order valence-corrected chi connectivity index (χ3v) is 3.41. The molecule has 0 aliphatic rings.